The third-order valence-electron chi connectivity index (χ3n) is 3.34. The molecular formula is C11H20ClN3O2. The van der Waals surface area contributed by atoms with Gasteiger partial charge < -0.3 is 15.5 Å². The topological polar surface area (TPSA) is 61.4 Å². The number of halogens is 1. The van der Waals surface area contributed by atoms with Crippen molar-refractivity contribution in [3.63, 3.8) is 0 Å². The van der Waals surface area contributed by atoms with Crippen LogP contribution >= 0.6 is 12.4 Å². The van der Waals surface area contributed by atoms with Gasteiger partial charge in [-0.1, -0.05) is 0 Å². The van der Waals surface area contributed by atoms with Crippen molar-refractivity contribution in [1.82, 2.24) is 15.5 Å². The van der Waals surface area contributed by atoms with Gasteiger partial charge in [0.05, 0.1) is 0 Å². The maximum Gasteiger partial charge on any atom is 0.245 e. The number of hydrogen-bond acceptors (Lipinski definition) is 3. The van der Waals surface area contributed by atoms with E-state index >= 15 is 0 Å². The van der Waals surface area contributed by atoms with Crippen LogP contribution in [0, 0.1) is 0 Å². The van der Waals surface area contributed by atoms with E-state index in [1.165, 1.54) is 0 Å². The molecule has 2 aliphatic heterocycles. The number of nitrogens with one attached hydrogen (secondary N) is 2. The van der Waals surface area contributed by atoms with Crippen LogP contribution in [0.4, 0.5) is 0 Å². The zero-order chi connectivity index (χ0) is 11.7. The Morgan fingerprint density at radius 1 is 1.41 bits per heavy atom. The average Bonchev–Trinajstić information content (AvgIpc) is 2.67. The van der Waals surface area contributed by atoms with Crippen molar-refractivity contribution in [2.75, 3.05) is 13.1 Å². The van der Waals surface area contributed by atoms with Crippen LogP contribution in [-0.4, -0.2) is 47.9 Å². The molecule has 0 radical (unpaired) electrons. The summed E-state index contributed by atoms with van der Waals surface area (Å²) in [7, 11) is 0. The van der Waals surface area contributed by atoms with E-state index < -0.39 is 0 Å². The van der Waals surface area contributed by atoms with Crippen molar-refractivity contribution in [2.24, 2.45) is 0 Å². The third-order valence-corrected chi connectivity index (χ3v) is 3.34. The van der Waals surface area contributed by atoms with Gasteiger partial charge in [0.2, 0.25) is 11.8 Å². The van der Waals surface area contributed by atoms with E-state index in [1.54, 1.807) is 0 Å². The smallest absolute Gasteiger partial charge is 0.245 e. The second kappa shape index (κ2) is 5.69. The monoisotopic (exact) mass is 261 g/mol. The summed E-state index contributed by atoms with van der Waals surface area (Å²) in [6.07, 6.45) is 1.12. The van der Waals surface area contributed by atoms with E-state index in [0.29, 0.717) is 18.9 Å². The summed E-state index contributed by atoms with van der Waals surface area (Å²) in [4.78, 5) is 25.2. The standard InChI is InChI=1S/C11H19N3O2.ClH/c1-7-6-14(8(2)5-12-7)11(16)9-3-4-10(15)13-9;/h7-9,12H,3-6H2,1-2H3,(H,13,15);1H/t7?,8?,9-;/m1./s1. The van der Waals surface area contributed by atoms with Gasteiger partial charge >= 0.3 is 0 Å². The van der Waals surface area contributed by atoms with Crippen molar-refractivity contribution in [3.05, 3.63) is 0 Å². The molecule has 2 rings (SSSR count). The van der Waals surface area contributed by atoms with Gasteiger partial charge in [-0.3, -0.25) is 9.59 Å². The first-order chi connectivity index (χ1) is 7.58. The van der Waals surface area contributed by atoms with Crippen LogP contribution in [0.25, 0.3) is 0 Å². The van der Waals surface area contributed by atoms with E-state index in [1.807, 2.05) is 11.8 Å². The second-order valence-corrected chi connectivity index (χ2v) is 4.81. The predicted octanol–water partition coefficient (Wildman–Crippen LogP) is -0.104. The van der Waals surface area contributed by atoms with Crippen LogP contribution in [-0.2, 0) is 9.59 Å². The number of hydrogen-bond donors (Lipinski definition) is 2. The van der Waals surface area contributed by atoms with E-state index in [4.69, 9.17) is 0 Å². The number of carbonyl (C=O) groups excluding carboxylic acids is 2. The van der Waals surface area contributed by atoms with Gasteiger partial charge in [0.1, 0.15) is 6.04 Å². The Balaban J connectivity index is 0.00000144. The SMILES string of the molecule is CC1CN(C(=O)[C@H]2CCC(=O)N2)C(C)CN1.Cl. The van der Waals surface area contributed by atoms with Crippen LogP contribution in [0.15, 0.2) is 0 Å². The summed E-state index contributed by atoms with van der Waals surface area (Å²) in [5.74, 6) is 0.0703. The highest BCUT2D eigenvalue weighted by Gasteiger charge is 2.34. The Morgan fingerprint density at radius 3 is 2.71 bits per heavy atom. The number of amides is 2. The summed E-state index contributed by atoms with van der Waals surface area (Å²) in [5, 5.41) is 6.07. The molecule has 0 bridgehead atoms. The van der Waals surface area contributed by atoms with Gasteiger partial charge in [0.25, 0.3) is 0 Å². The number of rotatable bonds is 1. The van der Waals surface area contributed by atoms with Crippen molar-refractivity contribution in [2.45, 2.75) is 44.8 Å². The molecule has 0 saturated carbocycles. The lowest BCUT2D eigenvalue weighted by atomic mass is 10.1. The first-order valence-corrected chi connectivity index (χ1v) is 5.91. The van der Waals surface area contributed by atoms with Crippen molar-refractivity contribution < 1.29 is 9.59 Å². The largest absolute Gasteiger partial charge is 0.344 e. The van der Waals surface area contributed by atoms with Gasteiger partial charge in [-0.25, -0.2) is 0 Å². The van der Waals surface area contributed by atoms with Crippen molar-refractivity contribution in [1.29, 1.82) is 0 Å². The first-order valence-electron chi connectivity index (χ1n) is 5.91. The molecule has 2 unspecified atom stereocenters. The minimum atomic E-state index is -0.291. The molecule has 0 aromatic rings. The number of carbonyl (C=O) groups is 2. The maximum atomic E-state index is 12.2. The molecule has 17 heavy (non-hydrogen) atoms. The summed E-state index contributed by atoms with van der Waals surface area (Å²) in [5.41, 5.74) is 0. The summed E-state index contributed by atoms with van der Waals surface area (Å²) >= 11 is 0. The molecule has 98 valence electrons. The fourth-order valence-electron chi connectivity index (χ4n) is 2.33. The molecule has 0 aliphatic carbocycles. The van der Waals surface area contributed by atoms with Crippen LogP contribution in [0.2, 0.25) is 0 Å². The van der Waals surface area contributed by atoms with E-state index in [0.717, 1.165) is 13.1 Å². The molecular weight excluding hydrogens is 242 g/mol. The summed E-state index contributed by atoms with van der Waals surface area (Å²) < 4.78 is 0. The highest BCUT2D eigenvalue weighted by Crippen LogP contribution is 2.14. The highest BCUT2D eigenvalue weighted by molar-refractivity contribution is 5.91. The normalized spacial score (nSPS) is 32.9. The Kier molecular flexibility index (Phi) is 4.77. The van der Waals surface area contributed by atoms with E-state index in [2.05, 4.69) is 17.6 Å². The van der Waals surface area contributed by atoms with Gasteiger partial charge in [0.15, 0.2) is 0 Å². The van der Waals surface area contributed by atoms with Gasteiger partial charge in [-0.2, -0.15) is 0 Å². The fraction of sp³-hybridized carbons (Fsp3) is 0.818. The lowest BCUT2D eigenvalue weighted by Gasteiger charge is -2.38. The molecule has 0 aromatic carbocycles. The number of nitrogens with zero attached hydrogens (tertiary/aromatic N) is 1. The first kappa shape index (κ1) is 14.3. The van der Waals surface area contributed by atoms with Crippen LogP contribution in [0.3, 0.4) is 0 Å². The van der Waals surface area contributed by atoms with Gasteiger partial charge in [0, 0.05) is 31.6 Å². The molecule has 2 saturated heterocycles. The molecule has 5 nitrogen and oxygen atoms in total. The Morgan fingerprint density at radius 2 is 2.12 bits per heavy atom. The Hall–Kier alpha value is -0.810. The predicted molar refractivity (Wildman–Crippen MR) is 67.1 cm³/mol. The summed E-state index contributed by atoms with van der Waals surface area (Å²) in [6, 6.07) is 0.249. The summed E-state index contributed by atoms with van der Waals surface area (Å²) in [6.45, 7) is 5.66. The van der Waals surface area contributed by atoms with Crippen LogP contribution in [0.5, 0.6) is 0 Å². The molecule has 0 aromatic heterocycles. The highest BCUT2D eigenvalue weighted by atomic mass is 35.5. The molecule has 0 spiro atoms. The van der Waals surface area contributed by atoms with E-state index in [9.17, 15) is 9.59 Å². The minimum absolute atomic E-state index is 0. The lowest BCUT2D eigenvalue weighted by molar-refractivity contribution is -0.137. The zero-order valence-electron chi connectivity index (χ0n) is 10.2. The molecule has 2 fully saturated rings. The molecule has 3 atom stereocenters. The van der Waals surface area contributed by atoms with Crippen molar-refractivity contribution >= 4 is 24.2 Å². The molecule has 2 N–H and O–H groups in total. The van der Waals surface area contributed by atoms with E-state index in [-0.39, 0.29) is 36.3 Å². The van der Waals surface area contributed by atoms with Crippen LogP contribution in [0.1, 0.15) is 26.7 Å². The second-order valence-electron chi connectivity index (χ2n) is 4.81. The van der Waals surface area contributed by atoms with Crippen LogP contribution < -0.4 is 10.6 Å². The average molecular weight is 262 g/mol. The molecule has 2 heterocycles. The number of piperazine rings is 1. The molecule has 6 heteroatoms. The maximum absolute atomic E-state index is 12.2. The molecule has 2 aliphatic rings. The quantitative estimate of drug-likeness (QED) is 0.693. The third kappa shape index (κ3) is 3.10. The van der Waals surface area contributed by atoms with Gasteiger partial charge in [-0.05, 0) is 20.3 Å². The zero-order valence-corrected chi connectivity index (χ0v) is 11.0. The fourth-order valence-corrected chi connectivity index (χ4v) is 2.33. The Bertz CT molecular complexity index is 311. The van der Waals surface area contributed by atoms with Crippen molar-refractivity contribution in [3.8, 4) is 0 Å². The molecule has 2 amide bonds. The van der Waals surface area contributed by atoms with Gasteiger partial charge in [-0.15, -0.1) is 12.4 Å². The lowest BCUT2D eigenvalue weighted by Crippen LogP contribution is -2.59. The Labute approximate surface area is 108 Å². The minimum Gasteiger partial charge on any atom is -0.344 e.